The molecule has 1 amide bonds. The standard InChI is InChI=1S/C18H21N3O2/c1-13-11-17(19)21-14(2)16(13)9-6-10-20-18(22)23-12-15-7-4-3-5-8-15/h3-9,11H,10,12H2,1-2H3,(H2,19,21)(H,20,22). The van der Waals surface area contributed by atoms with E-state index in [0.717, 1.165) is 22.4 Å². The Bertz CT molecular complexity index is 674. The average Bonchev–Trinajstić information content (AvgIpc) is 2.52. The van der Waals surface area contributed by atoms with Crippen molar-refractivity contribution in [2.75, 3.05) is 12.3 Å². The molecule has 5 heteroatoms. The molecule has 0 fully saturated rings. The molecule has 0 spiro atoms. The summed E-state index contributed by atoms with van der Waals surface area (Å²) < 4.78 is 5.13. The summed E-state index contributed by atoms with van der Waals surface area (Å²) in [6.07, 6.45) is 3.34. The summed E-state index contributed by atoms with van der Waals surface area (Å²) in [7, 11) is 0. The Kier molecular flexibility index (Phi) is 5.74. The molecule has 0 saturated carbocycles. The number of anilines is 1. The smallest absolute Gasteiger partial charge is 0.407 e. The fraction of sp³-hybridized carbons (Fsp3) is 0.222. The number of carbonyl (C=O) groups is 1. The number of hydrogen-bond acceptors (Lipinski definition) is 4. The second kappa shape index (κ2) is 7.98. The maximum absolute atomic E-state index is 11.6. The van der Waals surface area contributed by atoms with Crippen LogP contribution >= 0.6 is 0 Å². The van der Waals surface area contributed by atoms with Crippen LogP contribution in [0.4, 0.5) is 10.6 Å². The van der Waals surface area contributed by atoms with Crippen molar-refractivity contribution in [3.63, 3.8) is 0 Å². The minimum absolute atomic E-state index is 0.260. The molecule has 0 saturated heterocycles. The van der Waals surface area contributed by atoms with Gasteiger partial charge < -0.3 is 15.8 Å². The van der Waals surface area contributed by atoms with E-state index in [1.807, 2.05) is 62.4 Å². The van der Waals surface area contributed by atoms with Crippen LogP contribution in [0.1, 0.15) is 22.4 Å². The second-order valence-electron chi connectivity index (χ2n) is 5.21. The molecule has 3 N–H and O–H groups in total. The van der Waals surface area contributed by atoms with Gasteiger partial charge in [0.2, 0.25) is 0 Å². The maximum Gasteiger partial charge on any atom is 0.407 e. The van der Waals surface area contributed by atoms with Crippen molar-refractivity contribution in [2.45, 2.75) is 20.5 Å². The molecule has 0 aliphatic heterocycles. The zero-order chi connectivity index (χ0) is 16.7. The van der Waals surface area contributed by atoms with Crippen molar-refractivity contribution < 1.29 is 9.53 Å². The first-order chi connectivity index (χ1) is 11.1. The quantitative estimate of drug-likeness (QED) is 0.889. The van der Waals surface area contributed by atoms with Crippen molar-refractivity contribution in [1.82, 2.24) is 10.3 Å². The number of nitrogen functional groups attached to an aromatic ring is 1. The molecule has 0 unspecified atom stereocenters. The number of nitrogens with zero attached hydrogens (tertiary/aromatic N) is 1. The number of aromatic nitrogens is 1. The molecule has 0 atom stereocenters. The molecule has 5 nitrogen and oxygen atoms in total. The van der Waals surface area contributed by atoms with E-state index in [1.54, 1.807) is 0 Å². The van der Waals surface area contributed by atoms with Gasteiger partial charge in [0.15, 0.2) is 0 Å². The summed E-state index contributed by atoms with van der Waals surface area (Å²) in [6.45, 7) is 4.53. The maximum atomic E-state index is 11.6. The van der Waals surface area contributed by atoms with Crippen molar-refractivity contribution in [3.05, 3.63) is 64.9 Å². The van der Waals surface area contributed by atoms with Crippen LogP contribution in [0.15, 0.2) is 42.5 Å². The number of nitrogens with one attached hydrogen (secondary N) is 1. The average molecular weight is 311 g/mol. The lowest BCUT2D eigenvalue weighted by molar-refractivity contribution is 0.141. The highest BCUT2D eigenvalue weighted by Crippen LogP contribution is 2.15. The normalized spacial score (nSPS) is 10.7. The Morgan fingerprint density at radius 3 is 2.74 bits per heavy atom. The van der Waals surface area contributed by atoms with Crippen LogP contribution in [-0.2, 0) is 11.3 Å². The number of ether oxygens (including phenoxy) is 1. The lowest BCUT2D eigenvalue weighted by Crippen LogP contribution is -2.24. The first-order valence-corrected chi connectivity index (χ1v) is 7.41. The zero-order valence-corrected chi connectivity index (χ0v) is 13.4. The Hall–Kier alpha value is -2.82. The molecule has 2 aromatic rings. The van der Waals surface area contributed by atoms with Gasteiger partial charge in [-0.25, -0.2) is 9.78 Å². The number of aryl methyl sites for hydroxylation is 2. The van der Waals surface area contributed by atoms with Gasteiger partial charge in [-0.1, -0.05) is 42.5 Å². The fourth-order valence-electron chi connectivity index (χ4n) is 2.22. The Balaban J connectivity index is 1.79. The van der Waals surface area contributed by atoms with Crippen molar-refractivity contribution in [1.29, 1.82) is 0 Å². The van der Waals surface area contributed by atoms with Gasteiger partial charge in [0, 0.05) is 12.2 Å². The number of carbonyl (C=O) groups excluding carboxylic acids is 1. The number of rotatable bonds is 5. The van der Waals surface area contributed by atoms with Crippen molar-refractivity contribution in [3.8, 4) is 0 Å². The van der Waals surface area contributed by atoms with Crippen molar-refractivity contribution >= 4 is 18.0 Å². The largest absolute Gasteiger partial charge is 0.445 e. The van der Waals surface area contributed by atoms with Gasteiger partial charge in [0.25, 0.3) is 0 Å². The second-order valence-corrected chi connectivity index (χ2v) is 5.21. The third kappa shape index (κ3) is 5.14. The molecule has 1 aromatic heterocycles. The fourth-order valence-corrected chi connectivity index (χ4v) is 2.22. The van der Waals surface area contributed by atoms with Gasteiger partial charge in [0.05, 0.1) is 0 Å². The van der Waals surface area contributed by atoms with E-state index >= 15 is 0 Å². The molecule has 1 aromatic carbocycles. The summed E-state index contributed by atoms with van der Waals surface area (Å²) in [5.41, 5.74) is 9.58. The van der Waals surface area contributed by atoms with E-state index in [-0.39, 0.29) is 6.61 Å². The predicted octanol–water partition coefficient (Wildman–Crippen LogP) is 3.22. The van der Waals surface area contributed by atoms with Gasteiger partial charge in [-0.15, -0.1) is 0 Å². The zero-order valence-electron chi connectivity index (χ0n) is 13.4. The van der Waals surface area contributed by atoms with Gasteiger partial charge in [-0.3, -0.25) is 0 Å². The Morgan fingerprint density at radius 2 is 2.04 bits per heavy atom. The minimum atomic E-state index is -0.442. The first kappa shape index (κ1) is 16.5. The lowest BCUT2D eigenvalue weighted by atomic mass is 10.1. The third-order valence-corrected chi connectivity index (χ3v) is 3.34. The number of benzene rings is 1. The molecular weight excluding hydrogens is 290 g/mol. The highest BCUT2D eigenvalue weighted by molar-refractivity contribution is 5.67. The molecular formula is C18H21N3O2. The molecule has 120 valence electrons. The summed E-state index contributed by atoms with van der Waals surface area (Å²) in [6, 6.07) is 11.4. The molecule has 0 aliphatic rings. The van der Waals surface area contributed by atoms with Gasteiger partial charge in [-0.05, 0) is 36.6 Å². The van der Waals surface area contributed by atoms with E-state index in [4.69, 9.17) is 10.5 Å². The number of amides is 1. The van der Waals surface area contributed by atoms with Crippen LogP contribution in [0.2, 0.25) is 0 Å². The predicted molar refractivity (Wildman–Crippen MR) is 91.8 cm³/mol. The number of nitrogens with two attached hydrogens (primary N) is 1. The molecule has 2 rings (SSSR count). The van der Waals surface area contributed by atoms with E-state index in [9.17, 15) is 4.79 Å². The SMILES string of the molecule is Cc1cc(N)nc(C)c1C=CCNC(=O)OCc1ccccc1. The van der Waals surface area contributed by atoms with E-state index in [1.165, 1.54) is 0 Å². The van der Waals surface area contributed by atoms with Gasteiger partial charge >= 0.3 is 6.09 Å². The van der Waals surface area contributed by atoms with E-state index in [2.05, 4.69) is 10.3 Å². The van der Waals surface area contributed by atoms with Crippen LogP contribution in [0.5, 0.6) is 0 Å². The Labute approximate surface area is 136 Å². The van der Waals surface area contributed by atoms with Crippen LogP contribution in [-0.4, -0.2) is 17.6 Å². The summed E-state index contributed by atoms with van der Waals surface area (Å²) >= 11 is 0. The van der Waals surface area contributed by atoms with Gasteiger partial charge in [-0.2, -0.15) is 0 Å². The summed E-state index contributed by atoms with van der Waals surface area (Å²) in [4.78, 5) is 15.8. The number of pyridine rings is 1. The highest BCUT2D eigenvalue weighted by Gasteiger charge is 2.03. The van der Waals surface area contributed by atoms with Crippen LogP contribution in [0.3, 0.4) is 0 Å². The van der Waals surface area contributed by atoms with E-state index < -0.39 is 6.09 Å². The minimum Gasteiger partial charge on any atom is -0.445 e. The third-order valence-electron chi connectivity index (χ3n) is 3.34. The number of alkyl carbamates (subject to hydrolysis) is 1. The lowest BCUT2D eigenvalue weighted by Gasteiger charge is -2.07. The van der Waals surface area contributed by atoms with E-state index in [0.29, 0.717) is 12.4 Å². The molecule has 23 heavy (non-hydrogen) atoms. The Morgan fingerprint density at radius 1 is 1.30 bits per heavy atom. The number of hydrogen-bond donors (Lipinski definition) is 2. The molecule has 0 aliphatic carbocycles. The van der Waals surface area contributed by atoms with Crippen molar-refractivity contribution in [2.24, 2.45) is 0 Å². The summed E-state index contributed by atoms with van der Waals surface area (Å²) in [5.74, 6) is 0.514. The summed E-state index contributed by atoms with van der Waals surface area (Å²) in [5, 5.41) is 2.68. The monoisotopic (exact) mass is 311 g/mol. The van der Waals surface area contributed by atoms with Crippen LogP contribution in [0, 0.1) is 13.8 Å². The van der Waals surface area contributed by atoms with Crippen LogP contribution in [0.25, 0.3) is 6.08 Å². The van der Waals surface area contributed by atoms with Crippen LogP contribution < -0.4 is 11.1 Å². The first-order valence-electron chi connectivity index (χ1n) is 7.41. The molecule has 0 bridgehead atoms. The highest BCUT2D eigenvalue weighted by atomic mass is 16.5. The molecule has 1 heterocycles. The molecule has 0 radical (unpaired) electrons. The topological polar surface area (TPSA) is 77.2 Å². The van der Waals surface area contributed by atoms with Gasteiger partial charge in [0.1, 0.15) is 12.4 Å².